The molecule has 0 saturated heterocycles. The number of hydrogen-bond donors (Lipinski definition) is 2. The Morgan fingerprint density at radius 2 is 1.87 bits per heavy atom. The van der Waals surface area contributed by atoms with Crippen LogP contribution in [0.1, 0.15) is 39.2 Å². The zero-order chi connectivity index (χ0) is 17.4. The van der Waals surface area contributed by atoms with Crippen LogP contribution in [-0.2, 0) is 16.0 Å². The second-order valence-corrected chi connectivity index (χ2v) is 6.41. The van der Waals surface area contributed by atoms with E-state index in [4.69, 9.17) is 4.74 Å². The number of aliphatic carboxylic acids is 1. The first kappa shape index (κ1) is 19.0. The van der Waals surface area contributed by atoms with E-state index in [1.807, 2.05) is 45.0 Å². The number of hydrogen-bond acceptors (Lipinski definition) is 3. The number of para-hydroxylation sites is 1. The second-order valence-electron chi connectivity index (χ2n) is 6.41. The summed E-state index contributed by atoms with van der Waals surface area (Å²) in [5.41, 5.74) is 1.05. The number of carboxylic acid groups (broad SMARTS) is 1. The van der Waals surface area contributed by atoms with Crippen molar-refractivity contribution >= 4 is 11.9 Å². The zero-order valence-electron chi connectivity index (χ0n) is 14.3. The standard InChI is InChI=1S/C18H27NO4/c1-12(2)9-15(18(21)22)19-17(20)11-13(3)10-14-7-5-6-8-16(14)23-4/h5-8,12-13,15H,9-11H2,1-4H3,(H,19,20)(H,21,22). The predicted octanol–water partition coefficient (Wildman–Crippen LogP) is 2.88. The fraction of sp³-hybridized carbons (Fsp3) is 0.556. The van der Waals surface area contributed by atoms with Gasteiger partial charge in [0.2, 0.25) is 5.91 Å². The highest BCUT2D eigenvalue weighted by molar-refractivity contribution is 5.83. The average molecular weight is 321 g/mol. The number of amides is 1. The molecule has 0 aliphatic rings. The van der Waals surface area contributed by atoms with Gasteiger partial charge in [0.15, 0.2) is 0 Å². The van der Waals surface area contributed by atoms with Crippen molar-refractivity contribution in [2.75, 3.05) is 7.11 Å². The van der Waals surface area contributed by atoms with Gasteiger partial charge in [-0.05, 0) is 36.3 Å². The molecule has 1 amide bonds. The molecule has 0 aliphatic carbocycles. The molecule has 0 heterocycles. The van der Waals surface area contributed by atoms with Crippen molar-refractivity contribution in [3.8, 4) is 5.75 Å². The number of nitrogens with one attached hydrogen (secondary N) is 1. The third-order valence-corrected chi connectivity index (χ3v) is 3.64. The summed E-state index contributed by atoms with van der Waals surface area (Å²) in [6.45, 7) is 5.85. The first-order valence-electron chi connectivity index (χ1n) is 7.97. The lowest BCUT2D eigenvalue weighted by molar-refractivity contribution is -0.142. The maximum Gasteiger partial charge on any atom is 0.326 e. The monoisotopic (exact) mass is 321 g/mol. The number of carboxylic acids is 1. The molecule has 2 unspecified atom stereocenters. The maximum atomic E-state index is 12.1. The molecule has 5 heteroatoms. The number of carbonyl (C=O) groups is 2. The van der Waals surface area contributed by atoms with Crippen molar-refractivity contribution < 1.29 is 19.4 Å². The van der Waals surface area contributed by atoms with Crippen LogP contribution in [0.5, 0.6) is 5.75 Å². The molecule has 0 saturated carbocycles. The minimum atomic E-state index is -0.982. The molecule has 1 rings (SSSR count). The highest BCUT2D eigenvalue weighted by Gasteiger charge is 2.22. The van der Waals surface area contributed by atoms with Gasteiger partial charge < -0.3 is 15.2 Å². The van der Waals surface area contributed by atoms with E-state index in [9.17, 15) is 14.7 Å². The van der Waals surface area contributed by atoms with E-state index in [0.29, 0.717) is 19.3 Å². The SMILES string of the molecule is COc1ccccc1CC(C)CC(=O)NC(CC(C)C)C(=O)O. The predicted molar refractivity (Wildman–Crippen MR) is 89.5 cm³/mol. The third kappa shape index (κ3) is 6.72. The molecular formula is C18H27NO4. The van der Waals surface area contributed by atoms with Crippen LogP contribution in [0.15, 0.2) is 24.3 Å². The highest BCUT2D eigenvalue weighted by Crippen LogP contribution is 2.22. The summed E-state index contributed by atoms with van der Waals surface area (Å²) in [6, 6.07) is 6.90. The Morgan fingerprint density at radius 1 is 1.22 bits per heavy atom. The Labute approximate surface area is 138 Å². The Bertz CT molecular complexity index is 528. The maximum absolute atomic E-state index is 12.1. The second kappa shape index (κ2) is 9.18. The van der Waals surface area contributed by atoms with Crippen molar-refractivity contribution in [1.29, 1.82) is 0 Å². The van der Waals surface area contributed by atoms with E-state index in [1.165, 1.54) is 0 Å². The molecule has 2 atom stereocenters. The Hall–Kier alpha value is -2.04. The molecule has 0 radical (unpaired) electrons. The van der Waals surface area contributed by atoms with Crippen LogP contribution in [0.3, 0.4) is 0 Å². The summed E-state index contributed by atoms with van der Waals surface area (Å²) in [5.74, 6) is -0.0879. The quantitative estimate of drug-likeness (QED) is 0.733. The number of rotatable bonds is 9. The van der Waals surface area contributed by atoms with Crippen LogP contribution in [0, 0.1) is 11.8 Å². The summed E-state index contributed by atoms with van der Waals surface area (Å²) in [6.07, 6.45) is 1.43. The molecule has 128 valence electrons. The summed E-state index contributed by atoms with van der Waals surface area (Å²) in [4.78, 5) is 23.3. The van der Waals surface area contributed by atoms with Crippen LogP contribution in [-0.4, -0.2) is 30.1 Å². The van der Waals surface area contributed by atoms with Crippen LogP contribution >= 0.6 is 0 Å². The Morgan fingerprint density at radius 3 is 2.43 bits per heavy atom. The molecule has 0 fully saturated rings. The number of benzene rings is 1. The molecule has 0 spiro atoms. The molecule has 1 aromatic carbocycles. The highest BCUT2D eigenvalue weighted by atomic mass is 16.5. The average Bonchev–Trinajstić information content (AvgIpc) is 2.46. The van der Waals surface area contributed by atoms with E-state index >= 15 is 0 Å². The summed E-state index contributed by atoms with van der Waals surface area (Å²) in [7, 11) is 1.62. The summed E-state index contributed by atoms with van der Waals surface area (Å²) >= 11 is 0. The lowest BCUT2D eigenvalue weighted by atomic mass is 9.96. The van der Waals surface area contributed by atoms with Gasteiger partial charge in [-0.25, -0.2) is 4.79 Å². The first-order chi connectivity index (χ1) is 10.8. The van der Waals surface area contributed by atoms with Crippen molar-refractivity contribution in [3.05, 3.63) is 29.8 Å². The van der Waals surface area contributed by atoms with Crippen LogP contribution in [0.4, 0.5) is 0 Å². The van der Waals surface area contributed by atoms with Crippen molar-refractivity contribution in [3.63, 3.8) is 0 Å². The van der Waals surface area contributed by atoms with Gasteiger partial charge in [0.1, 0.15) is 11.8 Å². The normalized spacial score (nSPS) is 13.4. The van der Waals surface area contributed by atoms with E-state index in [2.05, 4.69) is 5.32 Å². The van der Waals surface area contributed by atoms with Gasteiger partial charge in [0.05, 0.1) is 7.11 Å². The number of ether oxygens (including phenoxy) is 1. The van der Waals surface area contributed by atoms with Crippen LogP contribution in [0.25, 0.3) is 0 Å². The molecule has 2 N–H and O–H groups in total. The number of methoxy groups -OCH3 is 1. The summed E-state index contributed by atoms with van der Waals surface area (Å²) in [5, 5.41) is 11.8. The smallest absolute Gasteiger partial charge is 0.326 e. The topological polar surface area (TPSA) is 75.6 Å². The van der Waals surface area contributed by atoms with Crippen molar-refractivity contribution in [2.45, 2.75) is 46.1 Å². The molecule has 0 bridgehead atoms. The van der Waals surface area contributed by atoms with Gasteiger partial charge in [-0.3, -0.25) is 4.79 Å². The largest absolute Gasteiger partial charge is 0.496 e. The fourth-order valence-corrected chi connectivity index (χ4v) is 2.58. The molecule has 0 aromatic heterocycles. The Balaban J connectivity index is 2.57. The van der Waals surface area contributed by atoms with E-state index in [0.717, 1.165) is 11.3 Å². The van der Waals surface area contributed by atoms with Crippen LogP contribution < -0.4 is 10.1 Å². The fourth-order valence-electron chi connectivity index (χ4n) is 2.58. The Kier molecular flexibility index (Phi) is 7.59. The number of carbonyl (C=O) groups excluding carboxylic acids is 1. The van der Waals surface area contributed by atoms with Gasteiger partial charge >= 0.3 is 5.97 Å². The summed E-state index contributed by atoms with van der Waals surface area (Å²) < 4.78 is 5.31. The lowest BCUT2D eigenvalue weighted by Crippen LogP contribution is -2.42. The van der Waals surface area contributed by atoms with Crippen LogP contribution in [0.2, 0.25) is 0 Å². The van der Waals surface area contributed by atoms with Gasteiger partial charge in [0.25, 0.3) is 0 Å². The first-order valence-corrected chi connectivity index (χ1v) is 7.97. The van der Waals surface area contributed by atoms with E-state index in [1.54, 1.807) is 7.11 Å². The third-order valence-electron chi connectivity index (χ3n) is 3.64. The molecular weight excluding hydrogens is 294 g/mol. The van der Waals surface area contributed by atoms with Gasteiger partial charge in [-0.2, -0.15) is 0 Å². The minimum Gasteiger partial charge on any atom is -0.496 e. The van der Waals surface area contributed by atoms with Gasteiger partial charge in [-0.15, -0.1) is 0 Å². The van der Waals surface area contributed by atoms with E-state index in [-0.39, 0.29) is 17.7 Å². The van der Waals surface area contributed by atoms with Gasteiger partial charge in [0, 0.05) is 6.42 Å². The van der Waals surface area contributed by atoms with Gasteiger partial charge in [-0.1, -0.05) is 39.0 Å². The molecule has 0 aliphatic heterocycles. The van der Waals surface area contributed by atoms with Crippen molar-refractivity contribution in [2.24, 2.45) is 11.8 Å². The molecule has 5 nitrogen and oxygen atoms in total. The zero-order valence-corrected chi connectivity index (χ0v) is 14.3. The lowest BCUT2D eigenvalue weighted by Gasteiger charge is -2.18. The molecule has 1 aromatic rings. The van der Waals surface area contributed by atoms with Crippen molar-refractivity contribution in [1.82, 2.24) is 5.32 Å². The van der Waals surface area contributed by atoms with E-state index < -0.39 is 12.0 Å². The minimum absolute atomic E-state index is 0.0970. The molecule has 23 heavy (non-hydrogen) atoms.